The summed E-state index contributed by atoms with van der Waals surface area (Å²) in [4.78, 5) is 11.8. The Kier molecular flexibility index (Phi) is 6.17. The summed E-state index contributed by atoms with van der Waals surface area (Å²) in [5.41, 5.74) is 0. The zero-order chi connectivity index (χ0) is 19.8. The largest absolute Gasteiger partial charge is 0.480 e. The number of halogens is 2. The zero-order valence-corrected chi connectivity index (χ0v) is 16.1. The van der Waals surface area contributed by atoms with Crippen molar-refractivity contribution in [1.82, 2.24) is 0 Å². The highest BCUT2D eigenvalue weighted by Crippen LogP contribution is 2.38. The summed E-state index contributed by atoms with van der Waals surface area (Å²) < 4.78 is 26.7. The number of aliphatic hydroxyl groups is 2. The van der Waals surface area contributed by atoms with Crippen LogP contribution in [0.1, 0.15) is 13.8 Å². The Bertz CT molecular complexity index is 698. The van der Waals surface area contributed by atoms with Crippen molar-refractivity contribution in [1.29, 1.82) is 0 Å². The van der Waals surface area contributed by atoms with Crippen molar-refractivity contribution in [3.63, 3.8) is 0 Å². The van der Waals surface area contributed by atoms with Crippen molar-refractivity contribution >= 4 is 29.2 Å². The van der Waals surface area contributed by atoms with E-state index < -0.39 is 49.1 Å². The average molecular weight is 423 g/mol. The zero-order valence-electron chi connectivity index (χ0n) is 14.6. The topological polar surface area (TPSA) is 104 Å². The van der Waals surface area contributed by atoms with Gasteiger partial charge in [-0.3, -0.25) is 0 Å². The van der Waals surface area contributed by atoms with Gasteiger partial charge < -0.3 is 33.9 Å². The summed E-state index contributed by atoms with van der Waals surface area (Å²) in [6.45, 7) is 2.60. The Hall–Kier alpha value is -1.13. The molecule has 0 aromatic heterocycles. The number of fused-ring (bicyclic) bond motifs is 1. The second-order valence-electron chi connectivity index (χ2n) is 6.67. The molecule has 1 unspecified atom stereocenters. The lowest BCUT2D eigenvalue weighted by Gasteiger charge is -2.25. The SMILES string of the molecule is CC1(C)O[C@H]2O[C@H](C(O)COC(=O)COc3ccc(Cl)cc3Cl)[C@H](O)[C@H]2O1. The van der Waals surface area contributed by atoms with Crippen LogP contribution in [0.2, 0.25) is 10.0 Å². The summed E-state index contributed by atoms with van der Waals surface area (Å²) in [5, 5.41) is 21.1. The lowest BCUT2D eigenvalue weighted by Crippen LogP contribution is -2.43. The van der Waals surface area contributed by atoms with E-state index in [1.54, 1.807) is 19.9 Å². The highest BCUT2D eigenvalue weighted by Gasteiger charge is 2.56. The lowest BCUT2D eigenvalue weighted by molar-refractivity contribution is -0.228. The third-order valence-corrected chi connectivity index (χ3v) is 4.62. The van der Waals surface area contributed by atoms with Crippen LogP contribution < -0.4 is 4.74 Å². The van der Waals surface area contributed by atoms with Gasteiger partial charge >= 0.3 is 5.97 Å². The number of carbonyl (C=O) groups excluding carboxylic acids is 1. The molecule has 5 atom stereocenters. The molecule has 0 amide bonds. The molecule has 150 valence electrons. The number of rotatable bonds is 6. The average Bonchev–Trinajstić information content (AvgIpc) is 3.05. The minimum Gasteiger partial charge on any atom is -0.480 e. The summed E-state index contributed by atoms with van der Waals surface area (Å²) in [7, 11) is 0. The third kappa shape index (κ3) is 4.83. The van der Waals surface area contributed by atoms with Crippen LogP contribution in [0, 0.1) is 0 Å². The Morgan fingerprint density at radius 1 is 1.33 bits per heavy atom. The molecule has 1 aromatic rings. The van der Waals surface area contributed by atoms with Gasteiger partial charge in [-0.05, 0) is 32.0 Å². The van der Waals surface area contributed by atoms with Gasteiger partial charge in [0.2, 0.25) is 0 Å². The van der Waals surface area contributed by atoms with E-state index in [-0.39, 0.29) is 17.4 Å². The summed E-state index contributed by atoms with van der Waals surface area (Å²) in [6, 6.07) is 4.57. The van der Waals surface area contributed by atoms with Gasteiger partial charge in [0.05, 0.1) is 5.02 Å². The molecular weight excluding hydrogens is 403 g/mol. The Balaban J connectivity index is 1.44. The van der Waals surface area contributed by atoms with Crippen molar-refractivity contribution in [3.8, 4) is 5.75 Å². The van der Waals surface area contributed by atoms with Crippen LogP contribution in [-0.4, -0.2) is 65.9 Å². The highest BCUT2D eigenvalue weighted by molar-refractivity contribution is 6.35. The Morgan fingerprint density at radius 2 is 2.07 bits per heavy atom. The number of carbonyl (C=O) groups is 1. The van der Waals surface area contributed by atoms with Gasteiger partial charge in [-0.25, -0.2) is 4.79 Å². The number of benzene rings is 1. The van der Waals surface area contributed by atoms with Gasteiger partial charge in [-0.2, -0.15) is 0 Å². The second-order valence-corrected chi connectivity index (χ2v) is 7.52. The van der Waals surface area contributed by atoms with Crippen LogP contribution >= 0.6 is 23.2 Å². The van der Waals surface area contributed by atoms with Gasteiger partial charge in [0.1, 0.15) is 36.8 Å². The van der Waals surface area contributed by atoms with E-state index >= 15 is 0 Å². The van der Waals surface area contributed by atoms with E-state index in [0.717, 1.165) is 0 Å². The molecular formula is C17H20Cl2O8. The molecule has 3 rings (SSSR count). The second kappa shape index (κ2) is 8.08. The normalized spacial score (nSPS) is 30.0. The van der Waals surface area contributed by atoms with Crippen molar-refractivity contribution in [2.24, 2.45) is 0 Å². The van der Waals surface area contributed by atoms with E-state index in [4.69, 9.17) is 46.9 Å². The fourth-order valence-electron chi connectivity index (χ4n) is 2.88. The highest BCUT2D eigenvalue weighted by atomic mass is 35.5. The first-order chi connectivity index (χ1) is 12.7. The van der Waals surface area contributed by atoms with Crippen molar-refractivity contribution in [2.75, 3.05) is 13.2 Å². The summed E-state index contributed by atoms with van der Waals surface area (Å²) in [5.74, 6) is -1.32. The van der Waals surface area contributed by atoms with Gasteiger partial charge in [0.25, 0.3) is 0 Å². The fourth-order valence-corrected chi connectivity index (χ4v) is 3.34. The van der Waals surface area contributed by atoms with Crippen LogP contribution in [0.3, 0.4) is 0 Å². The molecule has 2 N–H and O–H groups in total. The van der Waals surface area contributed by atoms with Crippen LogP contribution in [0.4, 0.5) is 0 Å². The van der Waals surface area contributed by atoms with E-state index in [1.807, 2.05) is 0 Å². The molecule has 1 aromatic carbocycles. The predicted molar refractivity (Wildman–Crippen MR) is 93.6 cm³/mol. The molecule has 0 spiro atoms. The van der Waals surface area contributed by atoms with Gasteiger partial charge in [0.15, 0.2) is 18.7 Å². The molecule has 2 aliphatic rings. The van der Waals surface area contributed by atoms with E-state index in [9.17, 15) is 15.0 Å². The van der Waals surface area contributed by atoms with Crippen molar-refractivity contribution < 1.29 is 38.7 Å². The van der Waals surface area contributed by atoms with Crippen LogP contribution in [0.25, 0.3) is 0 Å². The summed E-state index contributed by atoms with van der Waals surface area (Å²) >= 11 is 11.7. The Labute approximate surface area is 165 Å². The molecule has 27 heavy (non-hydrogen) atoms. The number of esters is 1. The first-order valence-corrected chi connectivity index (χ1v) is 9.02. The molecule has 10 heteroatoms. The first-order valence-electron chi connectivity index (χ1n) is 8.27. The van der Waals surface area contributed by atoms with E-state index in [0.29, 0.717) is 5.02 Å². The van der Waals surface area contributed by atoms with Gasteiger partial charge in [0, 0.05) is 5.02 Å². The molecule has 0 bridgehead atoms. The predicted octanol–water partition coefficient (Wildman–Crippen LogP) is 1.51. The summed E-state index contributed by atoms with van der Waals surface area (Å²) in [6.07, 6.45) is -4.89. The van der Waals surface area contributed by atoms with E-state index in [1.165, 1.54) is 12.1 Å². The third-order valence-electron chi connectivity index (χ3n) is 4.09. The first kappa shape index (κ1) is 20.6. The molecule has 0 radical (unpaired) electrons. The van der Waals surface area contributed by atoms with Gasteiger partial charge in [-0.15, -0.1) is 0 Å². The molecule has 2 heterocycles. The molecule has 8 nitrogen and oxygen atoms in total. The quantitative estimate of drug-likeness (QED) is 0.664. The maximum absolute atomic E-state index is 11.8. The number of hydrogen-bond donors (Lipinski definition) is 2. The number of hydrogen-bond acceptors (Lipinski definition) is 8. The van der Waals surface area contributed by atoms with Crippen molar-refractivity contribution in [2.45, 2.75) is 50.3 Å². The standard InChI is InChI=1S/C17H20Cl2O8/c1-17(2)26-15-13(22)14(25-16(15)27-17)10(20)6-24-12(21)7-23-11-4-3-8(18)5-9(11)19/h3-5,10,13-16,20,22H,6-7H2,1-2H3/t10?,13-,14+,15+,16+/m0/s1. The van der Waals surface area contributed by atoms with E-state index in [2.05, 4.69) is 0 Å². The fraction of sp³-hybridized carbons (Fsp3) is 0.588. The maximum Gasteiger partial charge on any atom is 0.344 e. The van der Waals surface area contributed by atoms with Crippen LogP contribution in [0.5, 0.6) is 5.75 Å². The maximum atomic E-state index is 11.8. The smallest absolute Gasteiger partial charge is 0.344 e. The molecule has 2 aliphatic heterocycles. The molecule has 0 aliphatic carbocycles. The lowest BCUT2D eigenvalue weighted by atomic mass is 10.1. The minimum atomic E-state index is -1.26. The van der Waals surface area contributed by atoms with Crippen LogP contribution in [0.15, 0.2) is 18.2 Å². The monoisotopic (exact) mass is 422 g/mol. The minimum absolute atomic E-state index is 0.257. The van der Waals surface area contributed by atoms with Crippen molar-refractivity contribution in [3.05, 3.63) is 28.2 Å². The van der Waals surface area contributed by atoms with Crippen LogP contribution in [-0.2, 0) is 23.7 Å². The number of aliphatic hydroxyl groups excluding tert-OH is 2. The van der Waals surface area contributed by atoms with Gasteiger partial charge in [-0.1, -0.05) is 23.2 Å². The molecule has 0 saturated carbocycles. The number of ether oxygens (including phenoxy) is 5. The molecule has 2 saturated heterocycles. The molecule has 2 fully saturated rings. The Morgan fingerprint density at radius 3 is 2.74 bits per heavy atom.